The summed E-state index contributed by atoms with van der Waals surface area (Å²) in [6.45, 7) is 0.338. The van der Waals surface area contributed by atoms with Crippen molar-refractivity contribution in [2.75, 3.05) is 0 Å². The summed E-state index contributed by atoms with van der Waals surface area (Å²) in [5.41, 5.74) is 2.14. The van der Waals surface area contributed by atoms with Crippen molar-refractivity contribution >= 4 is 28.9 Å². The van der Waals surface area contributed by atoms with Gasteiger partial charge in [-0.1, -0.05) is 6.07 Å². The van der Waals surface area contributed by atoms with E-state index in [0.29, 0.717) is 17.6 Å². The van der Waals surface area contributed by atoms with Crippen LogP contribution in [0.4, 0.5) is 4.79 Å². The van der Waals surface area contributed by atoms with Gasteiger partial charge >= 0.3 is 6.03 Å². The first-order chi connectivity index (χ1) is 10.6. The predicted octanol–water partition coefficient (Wildman–Crippen LogP) is -0.173. The van der Waals surface area contributed by atoms with Gasteiger partial charge in [-0.3, -0.25) is 14.9 Å². The van der Waals surface area contributed by atoms with Crippen molar-refractivity contribution in [3.63, 3.8) is 0 Å². The van der Waals surface area contributed by atoms with Crippen LogP contribution in [0.3, 0.4) is 0 Å². The molecule has 9 heteroatoms. The first-order valence-electron chi connectivity index (χ1n) is 6.71. The van der Waals surface area contributed by atoms with Crippen molar-refractivity contribution in [1.82, 2.24) is 26.3 Å². The molecule has 3 rings (SSSR count). The van der Waals surface area contributed by atoms with Gasteiger partial charge in [-0.25, -0.2) is 9.42 Å². The second-order valence-electron chi connectivity index (χ2n) is 4.92. The normalized spacial score (nSPS) is 17.4. The molecule has 1 saturated heterocycles. The van der Waals surface area contributed by atoms with E-state index in [0.717, 1.165) is 5.56 Å². The van der Waals surface area contributed by atoms with E-state index in [1.165, 1.54) is 0 Å². The fourth-order valence-corrected chi connectivity index (χ4v) is 2.16. The molecule has 0 spiro atoms. The van der Waals surface area contributed by atoms with E-state index in [-0.39, 0.29) is 18.7 Å². The number of rotatable bonds is 5. The highest BCUT2D eigenvalue weighted by atomic mass is 16.6. The van der Waals surface area contributed by atoms with Gasteiger partial charge in [-0.15, -0.1) is 0 Å². The number of urea groups is 1. The fourth-order valence-electron chi connectivity index (χ4n) is 2.16. The van der Waals surface area contributed by atoms with Crippen molar-refractivity contribution in [2.45, 2.75) is 25.4 Å². The molecule has 2 aromatic rings. The summed E-state index contributed by atoms with van der Waals surface area (Å²) in [5, 5.41) is 14.7. The average Bonchev–Trinajstić information content (AvgIpc) is 3.08. The molecule has 0 aliphatic carbocycles. The van der Waals surface area contributed by atoms with E-state index < -0.39 is 18.0 Å². The molecule has 1 aliphatic heterocycles. The third-order valence-corrected chi connectivity index (χ3v) is 3.33. The molecule has 1 atom stereocenters. The van der Waals surface area contributed by atoms with Crippen LogP contribution >= 0.6 is 0 Å². The highest BCUT2D eigenvalue weighted by Crippen LogP contribution is 2.11. The summed E-state index contributed by atoms with van der Waals surface area (Å²) >= 11 is 0. The second-order valence-corrected chi connectivity index (χ2v) is 4.92. The van der Waals surface area contributed by atoms with Crippen molar-refractivity contribution in [3.05, 3.63) is 23.8 Å². The van der Waals surface area contributed by atoms with Crippen LogP contribution in [0.25, 0.3) is 11.0 Å². The number of hydrogen-bond donors (Lipinski definition) is 3. The fraction of sp³-hybridized carbons (Fsp3) is 0.308. The Morgan fingerprint density at radius 2 is 2.09 bits per heavy atom. The van der Waals surface area contributed by atoms with E-state index >= 15 is 0 Å². The Balaban J connectivity index is 1.47. The first-order valence-corrected chi connectivity index (χ1v) is 6.71. The van der Waals surface area contributed by atoms with Gasteiger partial charge in [-0.2, -0.15) is 0 Å². The average molecular weight is 303 g/mol. The molecule has 0 bridgehead atoms. The van der Waals surface area contributed by atoms with Gasteiger partial charge in [0.05, 0.1) is 0 Å². The van der Waals surface area contributed by atoms with E-state index in [4.69, 9.17) is 0 Å². The summed E-state index contributed by atoms with van der Waals surface area (Å²) in [5.74, 6) is -0.603. The maximum Gasteiger partial charge on any atom is 0.322 e. The lowest BCUT2D eigenvalue weighted by Crippen LogP contribution is -2.31. The molecular formula is C13H13N5O4. The van der Waals surface area contributed by atoms with Crippen molar-refractivity contribution in [2.24, 2.45) is 0 Å². The number of carbonyl (C=O) groups is 3. The summed E-state index contributed by atoms with van der Waals surface area (Å²) in [6, 6.07) is 4.18. The summed E-state index contributed by atoms with van der Waals surface area (Å²) in [4.78, 5) is 34.0. The van der Waals surface area contributed by atoms with E-state index in [1.807, 2.05) is 6.07 Å². The Morgan fingerprint density at radius 1 is 1.27 bits per heavy atom. The lowest BCUT2D eigenvalue weighted by Gasteiger charge is -2.08. The van der Waals surface area contributed by atoms with E-state index in [9.17, 15) is 14.4 Å². The third-order valence-electron chi connectivity index (χ3n) is 3.33. The zero-order valence-electron chi connectivity index (χ0n) is 11.5. The molecule has 1 aromatic carbocycles. The molecule has 1 unspecified atom stereocenters. The van der Waals surface area contributed by atoms with Crippen LogP contribution in [-0.2, 0) is 16.1 Å². The largest absolute Gasteiger partial charge is 0.352 e. The number of amides is 4. The van der Waals surface area contributed by atoms with Gasteiger partial charge in [0.15, 0.2) is 0 Å². The van der Waals surface area contributed by atoms with Gasteiger partial charge in [0.1, 0.15) is 17.1 Å². The third kappa shape index (κ3) is 3.03. The number of hydrogen-bond acceptors (Lipinski definition) is 6. The molecule has 3 N–H and O–H groups in total. The SMILES string of the molecule is O=C(CCC1NC(=O)NC1=O)NCc1ccc2nonc2c1. The zero-order valence-corrected chi connectivity index (χ0v) is 11.5. The lowest BCUT2D eigenvalue weighted by molar-refractivity contribution is -0.122. The molecule has 114 valence electrons. The minimum Gasteiger partial charge on any atom is -0.352 e. The molecule has 2 heterocycles. The van der Waals surface area contributed by atoms with Crippen LogP contribution in [0.5, 0.6) is 0 Å². The van der Waals surface area contributed by atoms with Crippen molar-refractivity contribution < 1.29 is 19.0 Å². The minimum atomic E-state index is -0.643. The molecule has 1 aromatic heterocycles. The standard InChI is InChI=1S/C13H13N5O4/c19-11(4-3-9-12(20)16-13(21)15-9)14-6-7-1-2-8-10(5-7)18-22-17-8/h1-2,5,9H,3-4,6H2,(H,14,19)(H2,15,16,20,21). The van der Waals surface area contributed by atoms with E-state index in [1.54, 1.807) is 12.1 Å². The van der Waals surface area contributed by atoms with Crippen LogP contribution in [0.1, 0.15) is 18.4 Å². The van der Waals surface area contributed by atoms with Crippen LogP contribution in [-0.4, -0.2) is 34.2 Å². The molecular weight excluding hydrogens is 290 g/mol. The number of fused-ring (bicyclic) bond motifs is 1. The van der Waals surface area contributed by atoms with Crippen LogP contribution < -0.4 is 16.0 Å². The maximum absolute atomic E-state index is 11.8. The number of aromatic nitrogens is 2. The number of imide groups is 1. The number of carbonyl (C=O) groups excluding carboxylic acids is 3. The van der Waals surface area contributed by atoms with Gasteiger partial charge in [0.2, 0.25) is 5.91 Å². The topological polar surface area (TPSA) is 126 Å². The highest BCUT2D eigenvalue weighted by Gasteiger charge is 2.29. The van der Waals surface area contributed by atoms with Crippen LogP contribution in [0, 0.1) is 0 Å². The molecule has 0 saturated carbocycles. The number of benzene rings is 1. The Morgan fingerprint density at radius 3 is 2.86 bits per heavy atom. The quantitative estimate of drug-likeness (QED) is 0.658. The Hall–Kier alpha value is -2.97. The number of nitrogens with one attached hydrogen (secondary N) is 3. The summed E-state index contributed by atoms with van der Waals surface area (Å²) in [6.07, 6.45) is 0.405. The van der Waals surface area contributed by atoms with E-state index in [2.05, 4.69) is 30.9 Å². The smallest absolute Gasteiger partial charge is 0.322 e. The van der Waals surface area contributed by atoms with Crippen molar-refractivity contribution in [1.29, 1.82) is 0 Å². The van der Waals surface area contributed by atoms with Crippen LogP contribution in [0.15, 0.2) is 22.8 Å². The van der Waals surface area contributed by atoms with Gasteiger partial charge in [0, 0.05) is 13.0 Å². The molecule has 9 nitrogen and oxygen atoms in total. The first kappa shape index (κ1) is 14.0. The predicted molar refractivity (Wildman–Crippen MR) is 73.3 cm³/mol. The second kappa shape index (κ2) is 5.80. The summed E-state index contributed by atoms with van der Waals surface area (Å²) in [7, 11) is 0. The molecule has 0 radical (unpaired) electrons. The lowest BCUT2D eigenvalue weighted by atomic mass is 10.1. The number of nitrogens with zero attached hydrogens (tertiary/aromatic N) is 2. The minimum absolute atomic E-state index is 0.145. The van der Waals surface area contributed by atoms with Gasteiger partial charge in [0.25, 0.3) is 5.91 Å². The maximum atomic E-state index is 11.8. The monoisotopic (exact) mass is 303 g/mol. The molecule has 22 heavy (non-hydrogen) atoms. The zero-order chi connectivity index (χ0) is 15.5. The molecule has 1 aliphatic rings. The Bertz CT molecular complexity index is 741. The van der Waals surface area contributed by atoms with Crippen molar-refractivity contribution in [3.8, 4) is 0 Å². The summed E-state index contributed by atoms with van der Waals surface area (Å²) < 4.78 is 4.60. The Kier molecular flexibility index (Phi) is 3.69. The highest BCUT2D eigenvalue weighted by molar-refractivity contribution is 6.04. The Labute approximate surface area is 124 Å². The molecule has 4 amide bonds. The molecule has 1 fully saturated rings. The van der Waals surface area contributed by atoms with Gasteiger partial charge in [-0.05, 0) is 34.4 Å². The van der Waals surface area contributed by atoms with Gasteiger partial charge < -0.3 is 10.6 Å². The van der Waals surface area contributed by atoms with Crippen LogP contribution in [0.2, 0.25) is 0 Å².